The Morgan fingerprint density at radius 2 is 1.75 bits per heavy atom. The number of hydrogen-bond acceptors (Lipinski definition) is 6. The first-order chi connectivity index (χ1) is 11.5. The standard InChI is InChI=1S/C16H14N6O2/c1-10-3-6-17-15(19-10)21-14(24)12-9-22(8-5-13(12)23)16-18-7-4-11(2)20-16/h3-9H,1-2H3,(H,17,19,21,24). The number of pyridine rings is 1. The van der Waals surface area contributed by atoms with Gasteiger partial charge >= 0.3 is 0 Å². The Morgan fingerprint density at radius 1 is 1.04 bits per heavy atom. The highest BCUT2D eigenvalue weighted by Crippen LogP contribution is 2.05. The Hall–Kier alpha value is -3.42. The van der Waals surface area contributed by atoms with Gasteiger partial charge in [0.05, 0.1) is 0 Å². The lowest BCUT2D eigenvalue weighted by molar-refractivity contribution is 0.102. The number of hydrogen-bond donors (Lipinski definition) is 1. The number of aryl methyl sites for hydroxylation is 2. The fourth-order valence-corrected chi connectivity index (χ4v) is 2.02. The molecule has 8 nitrogen and oxygen atoms in total. The summed E-state index contributed by atoms with van der Waals surface area (Å²) >= 11 is 0. The van der Waals surface area contributed by atoms with Crippen molar-refractivity contribution < 1.29 is 4.79 Å². The van der Waals surface area contributed by atoms with Crippen molar-refractivity contribution in [3.05, 3.63) is 70.2 Å². The Morgan fingerprint density at radius 3 is 2.46 bits per heavy atom. The number of nitrogens with zero attached hydrogens (tertiary/aromatic N) is 5. The van der Waals surface area contributed by atoms with Gasteiger partial charge in [0.2, 0.25) is 11.9 Å². The second kappa shape index (κ2) is 6.37. The zero-order chi connectivity index (χ0) is 17.1. The largest absolute Gasteiger partial charge is 0.292 e. The molecule has 0 fully saturated rings. The lowest BCUT2D eigenvalue weighted by Gasteiger charge is -2.08. The average Bonchev–Trinajstić information content (AvgIpc) is 2.55. The van der Waals surface area contributed by atoms with Gasteiger partial charge in [0.15, 0.2) is 5.43 Å². The summed E-state index contributed by atoms with van der Waals surface area (Å²) < 4.78 is 1.51. The monoisotopic (exact) mass is 322 g/mol. The van der Waals surface area contributed by atoms with Crippen LogP contribution in [0, 0.1) is 13.8 Å². The predicted molar refractivity (Wildman–Crippen MR) is 87.1 cm³/mol. The summed E-state index contributed by atoms with van der Waals surface area (Å²) in [6, 6.07) is 4.76. The maximum absolute atomic E-state index is 12.4. The van der Waals surface area contributed by atoms with Crippen molar-refractivity contribution in [1.29, 1.82) is 0 Å². The molecule has 24 heavy (non-hydrogen) atoms. The van der Waals surface area contributed by atoms with Gasteiger partial charge in [-0.1, -0.05) is 0 Å². The van der Waals surface area contributed by atoms with Crippen LogP contribution in [0.3, 0.4) is 0 Å². The minimum atomic E-state index is -0.590. The van der Waals surface area contributed by atoms with Crippen LogP contribution in [-0.4, -0.2) is 30.4 Å². The molecule has 1 N–H and O–H groups in total. The lowest BCUT2D eigenvalue weighted by atomic mass is 10.2. The first-order valence-electron chi connectivity index (χ1n) is 7.16. The van der Waals surface area contributed by atoms with Gasteiger partial charge in [0.25, 0.3) is 5.91 Å². The number of amides is 1. The maximum Gasteiger partial charge on any atom is 0.263 e. The van der Waals surface area contributed by atoms with E-state index in [9.17, 15) is 9.59 Å². The zero-order valence-corrected chi connectivity index (χ0v) is 13.1. The highest BCUT2D eigenvalue weighted by Gasteiger charge is 2.13. The van der Waals surface area contributed by atoms with Crippen LogP contribution in [0.15, 0.2) is 47.8 Å². The van der Waals surface area contributed by atoms with E-state index in [0.29, 0.717) is 11.6 Å². The molecule has 0 radical (unpaired) electrons. The first kappa shape index (κ1) is 15.5. The van der Waals surface area contributed by atoms with E-state index >= 15 is 0 Å². The Balaban J connectivity index is 1.94. The van der Waals surface area contributed by atoms with Gasteiger partial charge in [0.1, 0.15) is 5.56 Å². The van der Waals surface area contributed by atoms with Gasteiger partial charge in [-0.05, 0) is 26.0 Å². The fourth-order valence-electron chi connectivity index (χ4n) is 2.02. The third kappa shape index (κ3) is 3.32. The first-order valence-corrected chi connectivity index (χ1v) is 7.16. The van der Waals surface area contributed by atoms with Crippen LogP contribution >= 0.6 is 0 Å². The summed E-state index contributed by atoms with van der Waals surface area (Å²) in [4.78, 5) is 40.8. The normalized spacial score (nSPS) is 10.4. The van der Waals surface area contributed by atoms with Gasteiger partial charge in [-0.2, -0.15) is 0 Å². The van der Waals surface area contributed by atoms with Gasteiger partial charge in [-0.3, -0.25) is 19.5 Å². The Labute approximate surface area is 137 Å². The van der Waals surface area contributed by atoms with Crippen molar-refractivity contribution in [1.82, 2.24) is 24.5 Å². The van der Waals surface area contributed by atoms with Crippen molar-refractivity contribution in [2.45, 2.75) is 13.8 Å². The molecule has 0 aliphatic heterocycles. The fraction of sp³-hybridized carbons (Fsp3) is 0.125. The number of carbonyl (C=O) groups is 1. The van der Waals surface area contributed by atoms with Crippen LogP contribution in [-0.2, 0) is 0 Å². The van der Waals surface area contributed by atoms with Crippen molar-refractivity contribution in [3.63, 3.8) is 0 Å². The molecule has 8 heteroatoms. The van der Waals surface area contributed by atoms with Gasteiger partial charge in [0, 0.05) is 42.2 Å². The van der Waals surface area contributed by atoms with Crippen LogP contribution in [0.5, 0.6) is 0 Å². The van der Waals surface area contributed by atoms with E-state index in [1.807, 2.05) is 6.92 Å². The van der Waals surface area contributed by atoms with Crippen molar-refractivity contribution in [3.8, 4) is 5.95 Å². The molecule has 0 aliphatic rings. The summed E-state index contributed by atoms with van der Waals surface area (Å²) in [6.45, 7) is 3.61. The molecular formula is C16H14N6O2. The summed E-state index contributed by atoms with van der Waals surface area (Å²) in [7, 11) is 0. The highest BCUT2D eigenvalue weighted by molar-refractivity contribution is 6.03. The van der Waals surface area contributed by atoms with E-state index < -0.39 is 11.3 Å². The molecule has 0 unspecified atom stereocenters. The molecule has 3 heterocycles. The molecule has 0 bridgehead atoms. The number of carbonyl (C=O) groups excluding carboxylic acids is 1. The summed E-state index contributed by atoms with van der Waals surface area (Å²) in [5.41, 5.74) is 1.02. The van der Waals surface area contributed by atoms with Gasteiger partial charge < -0.3 is 0 Å². The van der Waals surface area contributed by atoms with Crippen LogP contribution in [0.2, 0.25) is 0 Å². The zero-order valence-electron chi connectivity index (χ0n) is 13.1. The smallest absolute Gasteiger partial charge is 0.263 e. The molecule has 0 saturated heterocycles. The molecule has 0 aliphatic carbocycles. The molecule has 1 amide bonds. The summed E-state index contributed by atoms with van der Waals surface area (Å²) in [5, 5.41) is 2.51. The number of nitrogens with one attached hydrogen (secondary N) is 1. The van der Waals surface area contributed by atoms with E-state index in [1.165, 1.54) is 29.2 Å². The number of aromatic nitrogens is 5. The molecule has 3 aromatic heterocycles. The van der Waals surface area contributed by atoms with Crippen LogP contribution in [0.1, 0.15) is 21.7 Å². The van der Waals surface area contributed by atoms with E-state index in [1.54, 1.807) is 25.3 Å². The highest BCUT2D eigenvalue weighted by atomic mass is 16.2. The second-order valence-corrected chi connectivity index (χ2v) is 5.10. The number of rotatable bonds is 3. The Kier molecular flexibility index (Phi) is 4.11. The maximum atomic E-state index is 12.4. The van der Waals surface area contributed by atoms with E-state index in [4.69, 9.17) is 0 Å². The van der Waals surface area contributed by atoms with E-state index in [-0.39, 0.29) is 11.5 Å². The average molecular weight is 322 g/mol. The van der Waals surface area contributed by atoms with Gasteiger partial charge in [-0.15, -0.1) is 0 Å². The van der Waals surface area contributed by atoms with E-state index in [0.717, 1.165) is 5.69 Å². The predicted octanol–water partition coefficient (Wildman–Crippen LogP) is 1.29. The SMILES string of the molecule is Cc1ccnc(NC(=O)c2cn(-c3nccc(C)n3)ccc2=O)n1. The minimum Gasteiger partial charge on any atom is -0.292 e. The molecule has 0 saturated carbocycles. The van der Waals surface area contributed by atoms with E-state index in [2.05, 4.69) is 25.3 Å². The Bertz CT molecular complexity index is 967. The van der Waals surface area contributed by atoms with Crippen LogP contribution < -0.4 is 10.7 Å². The molecule has 3 rings (SSSR count). The molecule has 0 aromatic carbocycles. The van der Waals surface area contributed by atoms with Crippen molar-refractivity contribution in [2.24, 2.45) is 0 Å². The van der Waals surface area contributed by atoms with Gasteiger partial charge in [-0.25, -0.2) is 19.9 Å². The molecule has 3 aromatic rings. The molecular weight excluding hydrogens is 308 g/mol. The van der Waals surface area contributed by atoms with Crippen molar-refractivity contribution in [2.75, 3.05) is 5.32 Å². The third-order valence-electron chi connectivity index (χ3n) is 3.20. The number of anilines is 1. The van der Waals surface area contributed by atoms with Crippen LogP contribution in [0.4, 0.5) is 5.95 Å². The topological polar surface area (TPSA) is 103 Å². The minimum absolute atomic E-state index is 0.0484. The van der Waals surface area contributed by atoms with Crippen molar-refractivity contribution >= 4 is 11.9 Å². The lowest BCUT2D eigenvalue weighted by Crippen LogP contribution is -2.23. The second-order valence-electron chi connectivity index (χ2n) is 5.10. The summed E-state index contributed by atoms with van der Waals surface area (Å²) in [5.74, 6) is -0.0786. The quantitative estimate of drug-likeness (QED) is 0.779. The molecule has 120 valence electrons. The molecule has 0 spiro atoms. The van der Waals surface area contributed by atoms with Crippen LogP contribution in [0.25, 0.3) is 5.95 Å². The third-order valence-corrected chi connectivity index (χ3v) is 3.20. The molecule has 0 atom stereocenters. The summed E-state index contributed by atoms with van der Waals surface area (Å²) in [6.07, 6.45) is 6.04.